The number of unbranched alkanes of at least 4 members (excludes halogenated alkanes) is 2. The predicted octanol–water partition coefficient (Wildman–Crippen LogP) is 9.35. The van der Waals surface area contributed by atoms with Crippen LogP contribution in [-0.2, 0) is 9.47 Å². The maximum Gasteiger partial charge on any atom is 0.338 e. The number of rotatable bonds is 22. The lowest BCUT2D eigenvalue weighted by atomic mass is 10.0. The van der Waals surface area contributed by atoms with Crippen LogP contribution in [0.2, 0.25) is 0 Å². The number of nitrogens with zero attached hydrogens (tertiary/aromatic N) is 3. The van der Waals surface area contributed by atoms with Crippen LogP contribution in [0.25, 0.3) is 22.8 Å². The molecule has 0 spiro atoms. The molecule has 1 heterocycles. The molecule has 2 atom stereocenters. The van der Waals surface area contributed by atoms with Gasteiger partial charge in [-0.1, -0.05) is 66.2 Å². The number of aromatic nitrogens is 3. The van der Waals surface area contributed by atoms with Crippen molar-refractivity contribution in [2.45, 2.75) is 79.1 Å². The van der Waals surface area contributed by atoms with Crippen LogP contribution < -0.4 is 14.8 Å². The molecule has 11 nitrogen and oxygen atoms in total. The lowest BCUT2D eigenvalue weighted by Crippen LogP contribution is -2.11. The minimum atomic E-state index is -0.463. The van der Waals surface area contributed by atoms with Gasteiger partial charge in [0, 0.05) is 12.8 Å². The lowest BCUT2D eigenvalue weighted by molar-refractivity contribution is 0.0388. The van der Waals surface area contributed by atoms with Gasteiger partial charge < -0.3 is 34.5 Å². The maximum absolute atomic E-state index is 12.4. The van der Waals surface area contributed by atoms with Crippen molar-refractivity contribution in [3.05, 3.63) is 66.2 Å². The van der Waals surface area contributed by atoms with Gasteiger partial charge in [0.05, 0.1) is 36.5 Å². The van der Waals surface area contributed by atoms with E-state index in [1.165, 1.54) is 7.11 Å². The smallest absolute Gasteiger partial charge is 0.338 e. The fourth-order valence-electron chi connectivity index (χ4n) is 5.58. The summed E-state index contributed by atoms with van der Waals surface area (Å²) in [6.45, 7) is 10.3. The van der Waals surface area contributed by atoms with E-state index in [2.05, 4.69) is 43.0 Å². The number of hydrogen-bond donors (Lipinski definition) is 3. The first-order valence-electron chi connectivity index (χ1n) is 18.5. The third kappa shape index (κ3) is 11.8. The summed E-state index contributed by atoms with van der Waals surface area (Å²) in [5.74, 6) is 1.97. The summed E-state index contributed by atoms with van der Waals surface area (Å²) in [7, 11) is 1.54. The Morgan fingerprint density at radius 1 is 0.712 bits per heavy atom. The van der Waals surface area contributed by atoms with Gasteiger partial charge in [0.15, 0.2) is 11.6 Å². The Hall–Kier alpha value is -4.90. The largest absolute Gasteiger partial charge is 0.507 e. The second-order valence-corrected chi connectivity index (χ2v) is 13.0. The molecule has 0 bridgehead atoms. The van der Waals surface area contributed by atoms with Gasteiger partial charge in [-0.15, -0.1) is 0 Å². The van der Waals surface area contributed by atoms with Crippen LogP contribution >= 0.6 is 0 Å². The van der Waals surface area contributed by atoms with Gasteiger partial charge in [-0.05, 0) is 85.3 Å². The van der Waals surface area contributed by atoms with Crippen molar-refractivity contribution in [2.75, 3.05) is 38.9 Å². The van der Waals surface area contributed by atoms with Crippen LogP contribution in [0.3, 0.4) is 0 Å². The molecule has 0 aliphatic heterocycles. The molecule has 0 radical (unpaired) electrons. The summed E-state index contributed by atoms with van der Waals surface area (Å²) in [5, 5.41) is 25.3. The van der Waals surface area contributed by atoms with E-state index in [-0.39, 0.29) is 35.7 Å². The lowest BCUT2D eigenvalue weighted by Gasteiger charge is -2.17. The van der Waals surface area contributed by atoms with Crippen molar-refractivity contribution in [1.82, 2.24) is 15.0 Å². The topological polar surface area (TPSA) is 145 Å². The average molecular weight is 715 g/mol. The highest BCUT2D eigenvalue weighted by atomic mass is 16.6. The number of anilines is 2. The normalized spacial score (nSPS) is 12.2. The zero-order chi connectivity index (χ0) is 37.3. The Balaban J connectivity index is 1.69. The SMILES string of the molecule is CCCCC(CC)COc1ccc(O)c(-c2nc(Nc3ccc(C(=O)OCCOC)cc3)nc(-c3cc(OCC(CC)CCCC)ccc3O)n2)c1. The third-order valence-electron chi connectivity index (χ3n) is 9.01. The summed E-state index contributed by atoms with van der Waals surface area (Å²) in [5.41, 5.74) is 1.65. The molecule has 4 rings (SSSR count). The number of methoxy groups -OCH3 is 1. The van der Waals surface area contributed by atoms with Crippen LogP contribution in [0, 0.1) is 11.8 Å². The Morgan fingerprint density at radius 3 is 1.69 bits per heavy atom. The number of phenols is 2. The van der Waals surface area contributed by atoms with E-state index in [4.69, 9.17) is 23.9 Å². The number of esters is 1. The first kappa shape index (κ1) is 39.9. The van der Waals surface area contributed by atoms with Crippen molar-refractivity contribution in [2.24, 2.45) is 11.8 Å². The van der Waals surface area contributed by atoms with Gasteiger partial charge in [-0.25, -0.2) is 9.78 Å². The van der Waals surface area contributed by atoms with Gasteiger partial charge in [0.2, 0.25) is 5.95 Å². The van der Waals surface area contributed by atoms with Gasteiger partial charge >= 0.3 is 5.97 Å². The van der Waals surface area contributed by atoms with E-state index >= 15 is 0 Å². The molecule has 3 aromatic carbocycles. The molecule has 0 fully saturated rings. The van der Waals surface area contributed by atoms with Crippen molar-refractivity contribution in [3.8, 4) is 45.8 Å². The quantitative estimate of drug-likeness (QED) is 0.0529. The average Bonchev–Trinajstić information content (AvgIpc) is 3.16. The van der Waals surface area contributed by atoms with E-state index < -0.39 is 5.97 Å². The molecule has 11 heteroatoms. The first-order valence-corrected chi connectivity index (χ1v) is 18.5. The molecule has 52 heavy (non-hydrogen) atoms. The Morgan fingerprint density at radius 2 is 1.23 bits per heavy atom. The Bertz CT molecular complexity index is 1610. The highest BCUT2D eigenvalue weighted by Gasteiger charge is 2.19. The van der Waals surface area contributed by atoms with E-state index in [9.17, 15) is 15.0 Å². The number of phenolic OH excluding ortho intramolecular Hbond substituents is 2. The van der Waals surface area contributed by atoms with Crippen LogP contribution in [0.15, 0.2) is 60.7 Å². The van der Waals surface area contributed by atoms with Crippen molar-refractivity contribution < 1.29 is 34.0 Å². The zero-order valence-electron chi connectivity index (χ0n) is 31.2. The van der Waals surface area contributed by atoms with Gasteiger partial charge in [-0.3, -0.25) is 0 Å². The molecular weight excluding hydrogens is 660 g/mol. The number of carbonyl (C=O) groups is 1. The number of aromatic hydroxyl groups is 2. The number of nitrogens with one attached hydrogen (secondary N) is 1. The summed E-state index contributed by atoms with van der Waals surface area (Å²) < 4.78 is 22.6. The molecule has 0 amide bonds. The van der Waals surface area contributed by atoms with Crippen molar-refractivity contribution in [1.29, 1.82) is 0 Å². The third-order valence-corrected chi connectivity index (χ3v) is 9.01. The number of ether oxygens (including phenoxy) is 4. The number of benzene rings is 3. The molecule has 0 aliphatic rings. The first-order chi connectivity index (χ1) is 25.3. The van der Waals surface area contributed by atoms with Crippen molar-refractivity contribution >= 4 is 17.6 Å². The van der Waals surface area contributed by atoms with Crippen LogP contribution in [0.4, 0.5) is 11.6 Å². The van der Waals surface area contributed by atoms with Crippen LogP contribution in [-0.4, -0.2) is 64.7 Å². The summed E-state index contributed by atoms with van der Waals surface area (Å²) in [6.07, 6.45) is 8.75. The number of carbonyl (C=O) groups excluding carboxylic acids is 1. The molecule has 0 saturated heterocycles. The molecule has 1 aromatic heterocycles. The van der Waals surface area contributed by atoms with E-state index in [1.807, 2.05) is 0 Å². The molecule has 0 saturated carbocycles. The molecule has 280 valence electrons. The maximum atomic E-state index is 12.4. The fraction of sp³-hybridized carbons (Fsp3) is 0.463. The fourth-order valence-corrected chi connectivity index (χ4v) is 5.58. The van der Waals surface area contributed by atoms with Crippen LogP contribution in [0.5, 0.6) is 23.0 Å². The molecule has 2 unspecified atom stereocenters. The predicted molar refractivity (Wildman–Crippen MR) is 204 cm³/mol. The van der Waals surface area contributed by atoms with Gasteiger partial charge in [0.1, 0.15) is 29.6 Å². The second-order valence-electron chi connectivity index (χ2n) is 13.0. The minimum Gasteiger partial charge on any atom is -0.507 e. The minimum absolute atomic E-state index is 0.0381. The zero-order valence-corrected chi connectivity index (χ0v) is 31.2. The standard InChI is InChI=1S/C41H54N4O7/c1-6-10-12-28(8-3)26-51-32-18-20-36(46)34(24-32)38-43-39(35-25-33(19-21-37(35)47)52-27-29(9-4)13-11-7-2)45-41(44-38)42-31-16-14-30(15-17-31)40(48)50-23-22-49-5/h14-21,24-25,28-29,46-47H,6-13,22-23,26-27H2,1-5H3,(H,42,43,44,45). The summed E-state index contributed by atoms with van der Waals surface area (Å²) in [6, 6.07) is 16.7. The molecule has 4 aromatic rings. The second kappa shape index (κ2) is 20.8. The Kier molecular flexibility index (Phi) is 16.0. The van der Waals surface area contributed by atoms with E-state index in [0.29, 0.717) is 65.5 Å². The van der Waals surface area contributed by atoms with Crippen LogP contribution in [0.1, 0.15) is 89.4 Å². The van der Waals surface area contributed by atoms with E-state index in [0.717, 1.165) is 51.4 Å². The molecular formula is C41H54N4O7. The summed E-state index contributed by atoms with van der Waals surface area (Å²) >= 11 is 0. The van der Waals surface area contributed by atoms with Gasteiger partial charge in [-0.2, -0.15) is 9.97 Å². The Labute approximate surface area is 307 Å². The monoisotopic (exact) mass is 714 g/mol. The molecule has 0 aliphatic carbocycles. The number of hydrogen-bond acceptors (Lipinski definition) is 11. The van der Waals surface area contributed by atoms with Gasteiger partial charge in [0.25, 0.3) is 0 Å². The van der Waals surface area contributed by atoms with E-state index in [1.54, 1.807) is 60.7 Å². The summed E-state index contributed by atoms with van der Waals surface area (Å²) in [4.78, 5) is 26.5. The van der Waals surface area contributed by atoms with Crippen molar-refractivity contribution in [3.63, 3.8) is 0 Å². The highest BCUT2D eigenvalue weighted by Crippen LogP contribution is 2.36. The molecule has 3 N–H and O–H groups in total. The highest BCUT2D eigenvalue weighted by molar-refractivity contribution is 5.90.